The molecule has 0 amide bonds. The maximum Gasteiger partial charge on any atom is 0.330 e. The summed E-state index contributed by atoms with van der Waals surface area (Å²) in [6, 6.07) is 3.63. The Labute approximate surface area is 77.1 Å². The van der Waals surface area contributed by atoms with Gasteiger partial charge in [0.05, 0.1) is 6.61 Å². The molecule has 0 aliphatic rings. The van der Waals surface area contributed by atoms with E-state index in [0.717, 1.165) is 5.56 Å². The van der Waals surface area contributed by atoms with Crippen LogP contribution in [0.3, 0.4) is 0 Å². The van der Waals surface area contributed by atoms with Crippen molar-refractivity contribution in [2.45, 2.75) is 6.92 Å². The molecule has 0 bridgehead atoms. The first-order chi connectivity index (χ1) is 6.33. The number of carbonyl (C=O) groups is 1. The van der Waals surface area contributed by atoms with Crippen LogP contribution >= 0.6 is 0 Å². The zero-order valence-electron chi connectivity index (χ0n) is 7.43. The molecule has 3 heteroatoms. The van der Waals surface area contributed by atoms with Gasteiger partial charge in [0.1, 0.15) is 0 Å². The third-order valence-electron chi connectivity index (χ3n) is 1.40. The summed E-state index contributed by atoms with van der Waals surface area (Å²) in [6.45, 7) is 2.18. The zero-order chi connectivity index (χ0) is 9.52. The largest absolute Gasteiger partial charge is 0.463 e. The maximum absolute atomic E-state index is 10.9. The van der Waals surface area contributed by atoms with E-state index in [1.807, 2.05) is 12.1 Å². The second-order valence-corrected chi connectivity index (χ2v) is 2.37. The lowest BCUT2D eigenvalue weighted by molar-refractivity contribution is -0.137. The Kier molecular flexibility index (Phi) is 3.70. The Morgan fingerprint density at radius 1 is 1.54 bits per heavy atom. The van der Waals surface area contributed by atoms with Gasteiger partial charge < -0.3 is 4.74 Å². The minimum absolute atomic E-state index is 0.320. The Hall–Kier alpha value is -1.64. The van der Waals surface area contributed by atoms with E-state index in [1.165, 1.54) is 6.08 Å². The summed E-state index contributed by atoms with van der Waals surface area (Å²) in [6.07, 6.45) is 6.44. The standard InChI is InChI=1S/C10H11NO2/c1-2-13-10(12)4-3-9-5-7-11-8-6-9/h3-8H,2H2,1H3. The Balaban J connectivity index is 2.54. The van der Waals surface area contributed by atoms with Crippen LogP contribution in [0.5, 0.6) is 0 Å². The van der Waals surface area contributed by atoms with Gasteiger partial charge in [-0.15, -0.1) is 0 Å². The molecular weight excluding hydrogens is 166 g/mol. The van der Waals surface area contributed by atoms with Crippen LogP contribution in [-0.4, -0.2) is 17.6 Å². The Morgan fingerprint density at radius 3 is 2.85 bits per heavy atom. The third-order valence-corrected chi connectivity index (χ3v) is 1.40. The van der Waals surface area contributed by atoms with E-state index in [0.29, 0.717) is 6.61 Å². The van der Waals surface area contributed by atoms with Crippen LogP contribution < -0.4 is 0 Å². The van der Waals surface area contributed by atoms with E-state index in [9.17, 15) is 4.79 Å². The molecule has 3 nitrogen and oxygen atoms in total. The Morgan fingerprint density at radius 2 is 2.23 bits per heavy atom. The molecule has 0 aliphatic heterocycles. The fourth-order valence-corrected chi connectivity index (χ4v) is 0.829. The second-order valence-electron chi connectivity index (χ2n) is 2.37. The fraction of sp³-hybridized carbons (Fsp3) is 0.200. The molecule has 0 fully saturated rings. The molecule has 0 spiro atoms. The van der Waals surface area contributed by atoms with Crippen molar-refractivity contribution in [2.24, 2.45) is 0 Å². The summed E-state index contributed by atoms with van der Waals surface area (Å²) >= 11 is 0. The van der Waals surface area contributed by atoms with E-state index in [-0.39, 0.29) is 5.97 Å². The van der Waals surface area contributed by atoms with Gasteiger partial charge in [-0.25, -0.2) is 4.79 Å². The average molecular weight is 177 g/mol. The van der Waals surface area contributed by atoms with E-state index < -0.39 is 0 Å². The molecule has 1 aromatic heterocycles. The first kappa shape index (κ1) is 9.45. The average Bonchev–Trinajstić information content (AvgIpc) is 2.17. The van der Waals surface area contributed by atoms with Gasteiger partial charge in [-0.05, 0) is 30.7 Å². The van der Waals surface area contributed by atoms with Gasteiger partial charge in [0.25, 0.3) is 0 Å². The highest BCUT2D eigenvalue weighted by Gasteiger charge is 1.92. The van der Waals surface area contributed by atoms with Crippen molar-refractivity contribution in [1.82, 2.24) is 4.98 Å². The summed E-state index contributed by atoms with van der Waals surface area (Å²) in [7, 11) is 0. The fourth-order valence-electron chi connectivity index (χ4n) is 0.829. The topological polar surface area (TPSA) is 39.2 Å². The number of aromatic nitrogens is 1. The van der Waals surface area contributed by atoms with Gasteiger partial charge >= 0.3 is 5.97 Å². The first-order valence-electron chi connectivity index (χ1n) is 4.08. The lowest BCUT2D eigenvalue weighted by Crippen LogP contribution is -1.98. The van der Waals surface area contributed by atoms with Gasteiger partial charge in [0.15, 0.2) is 0 Å². The quantitative estimate of drug-likeness (QED) is 0.520. The summed E-state index contributed by atoms with van der Waals surface area (Å²) < 4.78 is 4.72. The molecule has 68 valence electrons. The van der Waals surface area contributed by atoms with Crippen molar-refractivity contribution in [3.05, 3.63) is 36.2 Å². The molecule has 0 aromatic carbocycles. The van der Waals surface area contributed by atoms with Gasteiger partial charge in [0.2, 0.25) is 0 Å². The summed E-state index contributed by atoms with van der Waals surface area (Å²) in [5.41, 5.74) is 0.933. The number of nitrogens with zero attached hydrogens (tertiary/aromatic N) is 1. The van der Waals surface area contributed by atoms with Crippen LogP contribution in [0, 0.1) is 0 Å². The molecule has 1 rings (SSSR count). The number of ether oxygens (including phenoxy) is 1. The second kappa shape index (κ2) is 5.09. The third kappa shape index (κ3) is 3.51. The lowest BCUT2D eigenvalue weighted by Gasteiger charge is -1.94. The van der Waals surface area contributed by atoms with Crippen LogP contribution in [0.1, 0.15) is 12.5 Å². The van der Waals surface area contributed by atoms with Crippen LogP contribution in [0.15, 0.2) is 30.6 Å². The van der Waals surface area contributed by atoms with Gasteiger partial charge in [-0.2, -0.15) is 0 Å². The van der Waals surface area contributed by atoms with E-state index in [1.54, 1.807) is 25.4 Å². The van der Waals surface area contributed by atoms with Crippen molar-refractivity contribution >= 4 is 12.0 Å². The monoisotopic (exact) mass is 177 g/mol. The molecule has 0 atom stereocenters. The van der Waals surface area contributed by atoms with Crippen molar-refractivity contribution < 1.29 is 9.53 Å². The molecule has 0 aliphatic carbocycles. The first-order valence-corrected chi connectivity index (χ1v) is 4.08. The summed E-state index contributed by atoms with van der Waals surface area (Å²) in [4.78, 5) is 14.8. The molecule has 0 N–H and O–H groups in total. The van der Waals surface area contributed by atoms with Crippen LogP contribution in [0.25, 0.3) is 6.08 Å². The predicted octanol–water partition coefficient (Wildman–Crippen LogP) is 1.66. The number of hydrogen-bond donors (Lipinski definition) is 0. The van der Waals surface area contributed by atoms with E-state index >= 15 is 0 Å². The number of rotatable bonds is 3. The lowest BCUT2D eigenvalue weighted by atomic mass is 10.2. The van der Waals surface area contributed by atoms with E-state index in [4.69, 9.17) is 4.74 Å². The molecule has 0 saturated heterocycles. The summed E-state index contributed by atoms with van der Waals surface area (Å²) in [5, 5.41) is 0. The number of hydrogen-bond acceptors (Lipinski definition) is 3. The highest BCUT2D eigenvalue weighted by atomic mass is 16.5. The van der Waals surface area contributed by atoms with E-state index in [2.05, 4.69) is 4.98 Å². The zero-order valence-corrected chi connectivity index (χ0v) is 7.43. The summed E-state index contributed by atoms with van der Waals surface area (Å²) in [5.74, 6) is -0.320. The number of esters is 1. The minimum Gasteiger partial charge on any atom is -0.463 e. The van der Waals surface area contributed by atoms with Gasteiger partial charge in [0, 0.05) is 18.5 Å². The van der Waals surface area contributed by atoms with Crippen molar-refractivity contribution in [1.29, 1.82) is 0 Å². The van der Waals surface area contributed by atoms with Gasteiger partial charge in [-0.1, -0.05) is 0 Å². The van der Waals surface area contributed by atoms with Gasteiger partial charge in [-0.3, -0.25) is 4.98 Å². The molecule has 0 saturated carbocycles. The molecule has 1 aromatic rings. The maximum atomic E-state index is 10.9. The van der Waals surface area contributed by atoms with Crippen LogP contribution in [-0.2, 0) is 9.53 Å². The van der Waals surface area contributed by atoms with Crippen LogP contribution in [0.2, 0.25) is 0 Å². The van der Waals surface area contributed by atoms with Crippen molar-refractivity contribution in [3.8, 4) is 0 Å². The van der Waals surface area contributed by atoms with Crippen LogP contribution in [0.4, 0.5) is 0 Å². The highest BCUT2D eigenvalue weighted by molar-refractivity contribution is 5.86. The predicted molar refractivity (Wildman–Crippen MR) is 49.9 cm³/mol. The number of carbonyl (C=O) groups excluding carboxylic acids is 1. The SMILES string of the molecule is CCOC(=O)C=Cc1ccncc1. The molecule has 0 radical (unpaired) electrons. The van der Waals surface area contributed by atoms with Crippen molar-refractivity contribution in [3.63, 3.8) is 0 Å². The molecule has 0 unspecified atom stereocenters. The normalized spacial score (nSPS) is 10.2. The molecular formula is C10H11NO2. The smallest absolute Gasteiger partial charge is 0.330 e. The number of pyridine rings is 1. The molecule has 13 heavy (non-hydrogen) atoms. The van der Waals surface area contributed by atoms with Crippen molar-refractivity contribution in [2.75, 3.05) is 6.61 Å². The Bertz CT molecular complexity index is 293. The molecule has 1 heterocycles. The highest BCUT2D eigenvalue weighted by Crippen LogP contribution is 1.98. The minimum atomic E-state index is -0.320.